The van der Waals surface area contributed by atoms with Gasteiger partial charge in [-0.1, -0.05) is 22.0 Å². The van der Waals surface area contributed by atoms with Gasteiger partial charge < -0.3 is 0 Å². The highest BCUT2D eigenvalue weighted by atomic mass is 127. The highest BCUT2D eigenvalue weighted by molar-refractivity contribution is 14.1. The van der Waals surface area contributed by atoms with E-state index in [0.29, 0.717) is 12.0 Å². The van der Waals surface area contributed by atoms with Gasteiger partial charge in [0.2, 0.25) is 0 Å². The summed E-state index contributed by atoms with van der Waals surface area (Å²) >= 11 is 5.36. The van der Waals surface area contributed by atoms with E-state index in [1.54, 1.807) is 18.2 Å². The molecule has 0 radical (unpaired) electrons. The first kappa shape index (κ1) is 15.8. The van der Waals surface area contributed by atoms with E-state index in [1.807, 2.05) is 22.6 Å². The van der Waals surface area contributed by atoms with Crippen molar-refractivity contribution in [2.45, 2.75) is 12.5 Å². The molecular weight excluding hydrogens is 441 g/mol. The second kappa shape index (κ2) is 6.93. The molecule has 0 heterocycles. The smallest absolute Gasteiger partial charge is 0.126 e. The summed E-state index contributed by atoms with van der Waals surface area (Å²) in [5.41, 5.74) is 4.05. The highest BCUT2D eigenvalue weighted by Crippen LogP contribution is 2.26. The number of hydrogen-bond donors (Lipinski definition) is 2. The van der Waals surface area contributed by atoms with Crippen LogP contribution in [0.3, 0.4) is 0 Å². The van der Waals surface area contributed by atoms with Crippen molar-refractivity contribution in [3.63, 3.8) is 0 Å². The number of nitrogens with one attached hydrogen (secondary N) is 1. The number of nitrogens with two attached hydrogens (primary N) is 1. The van der Waals surface area contributed by atoms with Crippen molar-refractivity contribution in [3.05, 3.63) is 67.2 Å². The molecule has 0 saturated carbocycles. The molecule has 2 aromatic carbocycles. The van der Waals surface area contributed by atoms with E-state index in [1.165, 1.54) is 18.2 Å². The summed E-state index contributed by atoms with van der Waals surface area (Å²) in [6.07, 6.45) is 0.378. The van der Waals surface area contributed by atoms with Gasteiger partial charge in [-0.3, -0.25) is 11.3 Å². The highest BCUT2D eigenvalue weighted by Gasteiger charge is 2.16. The van der Waals surface area contributed by atoms with Crippen molar-refractivity contribution in [1.29, 1.82) is 0 Å². The normalized spacial score (nSPS) is 12.4. The zero-order valence-electron chi connectivity index (χ0n) is 10.3. The lowest BCUT2D eigenvalue weighted by Gasteiger charge is -2.18. The Morgan fingerprint density at radius 3 is 2.60 bits per heavy atom. The SMILES string of the molecule is NNC(Cc1cc(Br)ccc1F)c1ccc(F)cc1I. The first-order chi connectivity index (χ1) is 9.51. The molecule has 0 aliphatic rings. The number of hydrogen-bond acceptors (Lipinski definition) is 2. The summed E-state index contributed by atoms with van der Waals surface area (Å²) in [5.74, 6) is 4.98. The monoisotopic (exact) mass is 452 g/mol. The molecule has 0 spiro atoms. The molecule has 1 unspecified atom stereocenters. The predicted molar refractivity (Wildman–Crippen MR) is 87.0 cm³/mol. The largest absolute Gasteiger partial charge is 0.271 e. The van der Waals surface area contributed by atoms with Crippen molar-refractivity contribution in [1.82, 2.24) is 5.43 Å². The molecule has 1 atom stereocenters. The molecule has 0 amide bonds. The molecule has 0 aliphatic heterocycles. The molecule has 106 valence electrons. The minimum atomic E-state index is -0.303. The van der Waals surface area contributed by atoms with Crippen molar-refractivity contribution in [3.8, 4) is 0 Å². The van der Waals surface area contributed by atoms with Crippen LogP contribution < -0.4 is 11.3 Å². The van der Waals surface area contributed by atoms with Crippen LogP contribution in [0, 0.1) is 15.2 Å². The first-order valence-electron chi connectivity index (χ1n) is 5.86. The fraction of sp³-hybridized carbons (Fsp3) is 0.143. The maximum Gasteiger partial charge on any atom is 0.126 e. The molecule has 0 saturated heterocycles. The van der Waals surface area contributed by atoms with Crippen LogP contribution in [0.1, 0.15) is 17.2 Å². The number of halogens is 4. The average Bonchev–Trinajstić information content (AvgIpc) is 2.40. The van der Waals surface area contributed by atoms with Crippen molar-refractivity contribution in [2.24, 2.45) is 5.84 Å². The molecule has 0 aliphatic carbocycles. The second-order valence-corrected chi connectivity index (χ2v) is 6.40. The van der Waals surface area contributed by atoms with Gasteiger partial charge in [-0.05, 0) is 70.5 Å². The molecule has 0 fully saturated rings. The fourth-order valence-corrected chi connectivity index (χ4v) is 3.22. The van der Waals surface area contributed by atoms with E-state index in [-0.39, 0.29) is 17.7 Å². The van der Waals surface area contributed by atoms with Crippen molar-refractivity contribution in [2.75, 3.05) is 0 Å². The predicted octanol–water partition coefficient (Wildman–Crippen LogP) is 4.08. The Bertz CT molecular complexity index is 622. The summed E-state index contributed by atoms with van der Waals surface area (Å²) < 4.78 is 28.5. The van der Waals surface area contributed by atoms with Crippen LogP contribution >= 0.6 is 38.5 Å². The van der Waals surface area contributed by atoms with E-state index in [2.05, 4.69) is 21.4 Å². The minimum Gasteiger partial charge on any atom is -0.271 e. The Labute approximate surface area is 138 Å². The van der Waals surface area contributed by atoms with Gasteiger partial charge >= 0.3 is 0 Å². The van der Waals surface area contributed by atoms with Crippen LogP contribution in [-0.2, 0) is 6.42 Å². The van der Waals surface area contributed by atoms with Crippen LogP contribution in [-0.4, -0.2) is 0 Å². The fourth-order valence-electron chi connectivity index (χ4n) is 1.96. The third kappa shape index (κ3) is 3.75. The van der Waals surface area contributed by atoms with Gasteiger partial charge in [-0.25, -0.2) is 8.78 Å². The van der Waals surface area contributed by atoms with Crippen LogP contribution in [0.25, 0.3) is 0 Å². The Morgan fingerprint density at radius 1 is 1.20 bits per heavy atom. The molecule has 6 heteroatoms. The average molecular weight is 453 g/mol. The summed E-state index contributed by atoms with van der Waals surface area (Å²) in [5, 5.41) is 0. The molecule has 2 rings (SSSR count). The van der Waals surface area contributed by atoms with Crippen LogP contribution in [0.15, 0.2) is 40.9 Å². The number of hydrazine groups is 1. The lowest BCUT2D eigenvalue weighted by Crippen LogP contribution is -2.30. The van der Waals surface area contributed by atoms with Gasteiger partial charge in [0.05, 0.1) is 6.04 Å². The van der Waals surface area contributed by atoms with Gasteiger partial charge in [0.15, 0.2) is 0 Å². The summed E-state index contributed by atoms with van der Waals surface area (Å²) in [7, 11) is 0. The molecule has 2 aromatic rings. The minimum absolute atomic E-state index is 0.286. The third-order valence-corrected chi connectivity index (χ3v) is 4.40. The van der Waals surface area contributed by atoms with Crippen LogP contribution in [0.5, 0.6) is 0 Å². The Balaban J connectivity index is 2.31. The Morgan fingerprint density at radius 2 is 1.95 bits per heavy atom. The van der Waals surface area contributed by atoms with Crippen molar-refractivity contribution < 1.29 is 8.78 Å². The van der Waals surface area contributed by atoms with E-state index in [9.17, 15) is 8.78 Å². The Kier molecular flexibility index (Phi) is 5.48. The molecular formula is C14H12BrF2IN2. The lowest BCUT2D eigenvalue weighted by molar-refractivity contribution is 0.525. The van der Waals surface area contributed by atoms with E-state index < -0.39 is 0 Å². The molecule has 20 heavy (non-hydrogen) atoms. The second-order valence-electron chi connectivity index (χ2n) is 4.32. The number of benzene rings is 2. The zero-order valence-corrected chi connectivity index (χ0v) is 14.1. The number of rotatable bonds is 4. The lowest BCUT2D eigenvalue weighted by atomic mass is 9.99. The van der Waals surface area contributed by atoms with Gasteiger partial charge in [0.1, 0.15) is 11.6 Å². The van der Waals surface area contributed by atoms with Gasteiger partial charge in [-0.2, -0.15) is 0 Å². The quantitative estimate of drug-likeness (QED) is 0.416. The van der Waals surface area contributed by atoms with E-state index in [4.69, 9.17) is 5.84 Å². The maximum absolute atomic E-state index is 13.8. The summed E-state index contributed by atoms with van der Waals surface area (Å²) in [6, 6.07) is 8.95. The molecule has 0 bridgehead atoms. The van der Waals surface area contributed by atoms with E-state index >= 15 is 0 Å². The standard InChI is InChI=1S/C14H12BrF2IN2/c15-9-1-4-12(17)8(5-9)6-14(20-19)11-3-2-10(16)7-13(11)18/h1-5,7,14,20H,6,19H2. The van der Waals surface area contributed by atoms with Gasteiger partial charge in [0, 0.05) is 8.04 Å². The van der Waals surface area contributed by atoms with Crippen molar-refractivity contribution >= 4 is 38.5 Å². The third-order valence-electron chi connectivity index (χ3n) is 2.97. The van der Waals surface area contributed by atoms with Gasteiger partial charge in [-0.15, -0.1) is 0 Å². The Hall–Kier alpha value is -0.570. The topological polar surface area (TPSA) is 38.0 Å². The molecule has 3 N–H and O–H groups in total. The van der Waals surface area contributed by atoms with Gasteiger partial charge in [0.25, 0.3) is 0 Å². The summed E-state index contributed by atoms with van der Waals surface area (Å²) in [4.78, 5) is 0. The summed E-state index contributed by atoms with van der Waals surface area (Å²) in [6.45, 7) is 0. The first-order valence-corrected chi connectivity index (χ1v) is 7.73. The van der Waals surface area contributed by atoms with E-state index in [0.717, 1.165) is 13.6 Å². The van der Waals surface area contributed by atoms with Crippen LogP contribution in [0.4, 0.5) is 8.78 Å². The molecule has 2 nitrogen and oxygen atoms in total. The maximum atomic E-state index is 13.8. The van der Waals surface area contributed by atoms with Crippen LogP contribution in [0.2, 0.25) is 0 Å². The molecule has 0 aromatic heterocycles. The zero-order chi connectivity index (χ0) is 14.7.